The Hall–Kier alpha value is -0.0900. The van der Waals surface area contributed by atoms with Crippen LogP contribution in [0, 0.1) is 11.8 Å². The summed E-state index contributed by atoms with van der Waals surface area (Å²) in [6.45, 7) is 5.06. The minimum Gasteiger partial charge on any atom is -0.212 e. The molecule has 70 valence electrons. The molecule has 2 atom stereocenters. The van der Waals surface area contributed by atoms with Crippen molar-refractivity contribution < 1.29 is 8.42 Å². The molecule has 2 fully saturated rings. The van der Waals surface area contributed by atoms with Crippen molar-refractivity contribution in [2.75, 3.05) is 13.1 Å². The molecule has 0 N–H and O–H groups in total. The van der Waals surface area contributed by atoms with Crippen LogP contribution in [-0.2, 0) is 10.0 Å². The lowest BCUT2D eigenvalue weighted by atomic mass is 10.4. The van der Waals surface area contributed by atoms with Crippen molar-refractivity contribution in [3.8, 4) is 0 Å². The number of hydrogen-bond acceptors (Lipinski definition) is 2. The molecular formula is C8H15NO2S. The zero-order chi connectivity index (χ0) is 8.93. The van der Waals surface area contributed by atoms with Crippen LogP contribution in [-0.4, -0.2) is 31.1 Å². The first-order valence-electron chi connectivity index (χ1n) is 4.51. The first-order valence-corrected chi connectivity index (χ1v) is 6.01. The Morgan fingerprint density at radius 1 is 1.25 bits per heavy atom. The zero-order valence-electron chi connectivity index (χ0n) is 7.53. The minimum atomic E-state index is -2.95. The number of hydrogen-bond donors (Lipinski definition) is 0. The predicted octanol–water partition coefficient (Wildman–Crippen LogP) is 0.676. The number of fused-ring (bicyclic) bond motifs is 1. The van der Waals surface area contributed by atoms with Gasteiger partial charge in [-0.3, -0.25) is 0 Å². The Morgan fingerprint density at radius 2 is 1.75 bits per heavy atom. The fourth-order valence-electron chi connectivity index (χ4n) is 1.86. The average Bonchev–Trinajstić information content (AvgIpc) is 2.58. The Balaban J connectivity index is 2.10. The second kappa shape index (κ2) is 2.45. The molecule has 1 saturated carbocycles. The molecule has 0 aromatic heterocycles. The van der Waals surface area contributed by atoms with Gasteiger partial charge in [0, 0.05) is 13.1 Å². The molecule has 0 aromatic carbocycles. The van der Waals surface area contributed by atoms with E-state index in [0.29, 0.717) is 11.8 Å². The normalized spacial score (nSPS) is 35.6. The van der Waals surface area contributed by atoms with E-state index in [-0.39, 0.29) is 5.25 Å². The Labute approximate surface area is 73.8 Å². The third kappa shape index (κ3) is 1.17. The summed E-state index contributed by atoms with van der Waals surface area (Å²) in [4.78, 5) is 0. The van der Waals surface area contributed by atoms with Gasteiger partial charge in [0.2, 0.25) is 10.0 Å². The third-order valence-electron chi connectivity index (χ3n) is 2.90. The molecule has 2 aliphatic rings. The number of sulfonamides is 1. The van der Waals surface area contributed by atoms with Crippen molar-refractivity contribution in [2.45, 2.75) is 25.5 Å². The van der Waals surface area contributed by atoms with Crippen LogP contribution in [0.3, 0.4) is 0 Å². The topological polar surface area (TPSA) is 37.4 Å². The van der Waals surface area contributed by atoms with Crippen molar-refractivity contribution in [2.24, 2.45) is 11.8 Å². The molecule has 12 heavy (non-hydrogen) atoms. The first kappa shape index (κ1) is 8.51. The van der Waals surface area contributed by atoms with E-state index >= 15 is 0 Å². The van der Waals surface area contributed by atoms with Crippen LogP contribution >= 0.6 is 0 Å². The van der Waals surface area contributed by atoms with Gasteiger partial charge in [-0.15, -0.1) is 0 Å². The molecule has 0 aromatic rings. The molecule has 1 aliphatic heterocycles. The quantitative estimate of drug-likeness (QED) is 0.640. The SMILES string of the molecule is CC(C)S(=O)(=O)N1CC2CC2C1. The van der Waals surface area contributed by atoms with Crippen LogP contribution in [0.25, 0.3) is 0 Å². The maximum atomic E-state index is 11.6. The van der Waals surface area contributed by atoms with Gasteiger partial charge < -0.3 is 0 Å². The van der Waals surface area contributed by atoms with Crippen molar-refractivity contribution >= 4 is 10.0 Å². The summed E-state index contributed by atoms with van der Waals surface area (Å²) in [5.74, 6) is 1.39. The van der Waals surface area contributed by atoms with Crippen molar-refractivity contribution in [1.29, 1.82) is 0 Å². The summed E-state index contributed by atoms with van der Waals surface area (Å²) in [5, 5.41) is -0.255. The highest BCUT2D eigenvalue weighted by atomic mass is 32.2. The van der Waals surface area contributed by atoms with Crippen LogP contribution in [0.2, 0.25) is 0 Å². The first-order chi connectivity index (χ1) is 5.51. The molecule has 2 rings (SSSR count). The third-order valence-corrected chi connectivity index (χ3v) is 5.11. The smallest absolute Gasteiger partial charge is 0.212 e. The van der Waals surface area contributed by atoms with Gasteiger partial charge in [-0.1, -0.05) is 0 Å². The van der Waals surface area contributed by atoms with E-state index in [2.05, 4.69) is 0 Å². The fourth-order valence-corrected chi connectivity index (χ4v) is 3.26. The Kier molecular flexibility index (Phi) is 1.74. The van der Waals surface area contributed by atoms with Gasteiger partial charge >= 0.3 is 0 Å². The molecule has 0 amide bonds. The van der Waals surface area contributed by atoms with E-state index in [0.717, 1.165) is 13.1 Å². The standard InChI is InChI=1S/C8H15NO2S/c1-6(2)12(10,11)9-4-7-3-8(7)5-9/h6-8H,3-5H2,1-2H3. The molecule has 1 aliphatic carbocycles. The highest BCUT2D eigenvalue weighted by molar-refractivity contribution is 7.89. The Bertz CT molecular complexity index is 273. The highest BCUT2D eigenvalue weighted by Crippen LogP contribution is 2.46. The van der Waals surface area contributed by atoms with Crippen LogP contribution in [0.4, 0.5) is 0 Å². The molecule has 1 heterocycles. The second-order valence-corrected chi connectivity index (χ2v) is 6.66. The monoisotopic (exact) mass is 189 g/mol. The van der Waals surface area contributed by atoms with Crippen molar-refractivity contribution in [3.05, 3.63) is 0 Å². The van der Waals surface area contributed by atoms with Crippen LogP contribution < -0.4 is 0 Å². The van der Waals surface area contributed by atoms with Crippen molar-refractivity contribution in [1.82, 2.24) is 4.31 Å². The number of rotatable bonds is 2. The molecule has 0 spiro atoms. The summed E-state index contributed by atoms with van der Waals surface area (Å²) in [6, 6.07) is 0. The molecule has 0 bridgehead atoms. The summed E-state index contributed by atoms with van der Waals surface area (Å²) in [5.41, 5.74) is 0. The van der Waals surface area contributed by atoms with Gasteiger partial charge in [0.05, 0.1) is 5.25 Å². The van der Waals surface area contributed by atoms with E-state index in [1.165, 1.54) is 6.42 Å². The number of piperidine rings is 1. The van der Waals surface area contributed by atoms with E-state index in [9.17, 15) is 8.42 Å². The van der Waals surface area contributed by atoms with Crippen LogP contribution in [0.15, 0.2) is 0 Å². The summed E-state index contributed by atoms with van der Waals surface area (Å²) in [7, 11) is -2.95. The predicted molar refractivity (Wildman–Crippen MR) is 47.2 cm³/mol. The largest absolute Gasteiger partial charge is 0.216 e. The second-order valence-electron chi connectivity index (χ2n) is 4.17. The van der Waals surface area contributed by atoms with Crippen LogP contribution in [0.5, 0.6) is 0 Å². The maximum Gasteiger partial charge on any atom is 0.216 e. The lowest BCUT2D eigenvalue weighted by molar-refractivity contribution is 0.437. The van der Waals surface area contributed by atoms with Gasteiger partial charge in [-0.25, -0.2) is 12.7 Å². The maximum absolute atomic E-state index is 11.6. The number of nitrogens with zero attached hydrogens (tertiary/aromatic N) is 1. The van der Waals surface area contributed by atoms with Crippen molar-refractivity contribution in [3.63, 3.8) is 0 Å². The van der Waals surface area contributed by atoms with E-state index < -0.39 is 10.0 Å². The van der Waals surface area contributed by atoms with Gasteiger partial charge in [0.25, 0.3) is 0 Å². The van der Waals surface area contributed by atoms with Crippen LogP contribution in [0.1, 0.15) is 20.3 Å². The summed E-state index contributed by atoms with van der Waals surface area (Å²) >= 11 is 0. The zero-order valence-corrected chi connectivity index (χ0v) is 8.34. The van der Waals surface area contributed by atoms with Gasteiger partial charge in [-0.05, 0) is 32.1 Å². The van der Waals surface area contributed by atoms with E-state index in [1.54, 1.807) is 18.2 Å². The summed E-state index contributed by atoms with van der Waals surface area (Å²) < 4.78 is 24.9. The fraction of sp³-hybridized carbons (Fsp3) is 1.00. The van der Waals surface area contributed by atoms with Gasteiger partial charge in [0.15, 0.2) is 0 Å². The van der Waals surface area contributed by atoms with E-state index in [1.807, 2.05) is 0 Å². The summed E-state index contributed by atoms with van der Waals surface area (Å²) in [6.07, 6.45) is 1.25. The van der Waals surface area contributed by atoms with E-state index in [4.69, 9.17) is 0 Å². The lowest BCUT2D eigenvalue weighted by Crippen LogP contribution is -2.35. The molecule has 1 saturated heterocycles. The average molecular weight is 189 g/mol. The highest BCUT2D eigenvalue weighted by Gasteiger charge is 2.48. The molecule has 4 heteroatoms. The van der Waals surface area contributed by atoms with Gasteiger partial charge in [-0.2, -0.15) is 0 Å². The Morgan fingerprint density at radius 3 is 2.17 bits per heavy atom. The molecule has 0 radical (unpaired) electrons. The van der Waals surface area contributed by atoms with Gasteiger partial charge in [0.1, 0.15) is 0 Å². The molecule has 2 unspecified atom stereocenters. The minimum absolute atomic E-state index is 0.255. The molecule has 3 nitrogen and oxygen atoms in total. The lowest BCUT2D eigenvalue weighted by Gasteiger charge is -2.19. The molecular weight excluding hydrogens is 174 g/mol.